The molecule has 0 aromatic carbocycles. The second-order valence-electron chi connectivity index (χ2n) is 3.76. The summed E-state index contributed by atoms with van der Waals surface area (Å²) in [4.78, 5) is 10.8. The first-order valence-corrected chi connectivity index (χ1v) is 5.61. The molecule has 16 heavy (non-hydrogen) atoms. The topological polar surface area (TPSA) is 53.1 Å². The summed E-state index contributed by atoms with van der Waals surface area (Å²) in [5.41, 5.74) is 0. The molecule has 2 N–H and O–H groups in total. The highest BCUT2D eigenvalue weighted by Gasteiger charge is 2.00. The number of aryl methyl sites for hydroxylation is 1. The van der Waals surface area contributed by atoms with Crippen molar-refractivity contribution < 1.29 is 0 Å². The summed E-state index contributed by atoms with van der Waals surface area (Å²) in [6, 6.07) is 1.92. The quantitative estimate of drug-likeness (QED) is 0.758. The van der Waals surface area contributed by atoms with E-state index in [1.807, 2.05) is 20.0 Å². The molecule has 0 bridgehead atoms. The summed E-state index contributed by atoms with van der Waals surface area (Å²) in [6.07, 6.45) is 0. The Labute approximate surface area is 97.3 Å². The van der Waals surface area contributed by atoms with Gasteiger partial charge in [-0.1, -0.05) is 6.92 Å². The Morgan fingerprint density at radius 3 is 2.62 bits per heavy atom. The molecule has 0 spiro atoms. The first-order chi connectivity index (χ1) is 7.65. The van der Waals surface area contributed by atoms with Gasteiger partial charge in [0.25, 0.3) is 0 Å². The molecule has 0 aliphatic carbocycles. The highest BCUT2D eigenvalue weighted by molar-refractivity contribution is 5.46. The highest BCUT2D eigenvalue weighted by Crippen LogP contribution is 2.09. The molecule has 0 aliphatic rings. The predicted octanol–water partition coefficient (Wildman–Crippen LogP) is 1.19. The molecule has 1 aromatic rings. The van der Waals surface area contributed by atoms with E-state index in [0.29, 0.717) is 0 Å². The van der Waals surface area contributed by atoms with Gasteiger partial charge in [-0.2, -0.15) is 0 Å². The Morgan fingerprint density at radius 1 is 1.31 bits per heavy atom. The molecule has 0 radical (unpaired) electrons. The van der Waals surface area contributed by atoms with Crippen molar-refractivity contribution in [2.75, 3.05) is 44.4 Å². The van der Waals surface area contributed by atoms with Crippen LogP contribution in [-0.2, 0) is 0 Å². The Balaban J connectivity index is 2.50. The fourth-order valence-electron chi connectivity index (χ4n) is 1.32. The zero-order valence-electron chi connectivity index (χ0n) is 10.5. The molecule has 1 rings (SSSR count). The van der Waals surface area contributed by atoms with E-state index < -0.39 is 0 Å². The van der Waals surface area contributed by atoms with Crippen molar-refractivity contribution in [1.82, 2.24) is 14.9 Å². The van der Waals surface area contributed by atoms with Crippen molar-refractivity contribution in [3.8, 4) is 0 Å². The van der Waals surface area contributed by atoms with Crippen LogP contribution in [0, 0.1) is 6.92 Å². The minimum Gasteiger partial charge on any atom is -0.373 e. The lowest BCUT2D eigenvalue weighted by Gasteiger charge is -2.14. The maximum absolute atomic E-state index is 4.32. The van der Waals surface area contributed by atoms with Crippen LogP contribution in [0.25, 0.3) is 0 Å². The fraction of sp³-hybridized carbons (Fsp3) is 0.636. The third kappa shape index (κ3) is 4.02. The van der Waals surface area contributed by atoms with Crippen LogP contribution >= 0.6 is 0 Å². The Bertz CT molecular complexity index is 326. The van der Waals surface area contributed by atoms with Crippen LogP contribution in [0.1, 0.15) is 12.7 Å². The summed E-state index contributed by atoms with van der Waals surface area (Å²) in [6.45, 7) is 7.00. The number of anilines is 2. The van der Waals surface area contributed by atoms with Crippen LogP contribution in [0.5, 0.6) is 0 Å². The average molecular weight is 223 g/mol. The number of nitrogens with zero attached hydrogens (tertiary/aromatic N) is 3. The molecule has 0 amide bonds. The van der Waals surface area contributed by atoms with E-state index >= 15 is 0 Å². The van der Waals surface area contributed by atoms with Gasteiger partial charge in [0.2, 0.25) is 0 Å². The van der Waals surface area contributed by atoms with Crippen molar-refractivity contribution in [2.24, 2.45) is 0 Å². The second-order valence-corrected chi connectivity index (χ2v) is 3.76. The van der Waals surface area contributed by atoms with Crippen LogP contribution in [0.3, 0.4) is 0 Å². The summed E-state index contributed by atoms with van der Waals surface area (Å²) >= 11 is 0. The molecular formula is C11H21N5. The molecule has 0 aliphatic heterocycles. The van der Waals surface area contributed by atoms with Crippen molar-refractivity contribution >= 4 is 11.6 Å². The van der Waals surface area contributed by atoms with Gasteiger partial charge in [0, 0.05) is 26.2 Å². The number of hydrogen-bond donors (Lipinski definition) is 2. The van der Waals surface area contributed by atoms with E-state index in [1.165, 1.54) is 0 Å². The van der Waals surface area contributed by atoms with E-state index in [9.17, 15) is 0 Å². The largest absolute Gasteiger partial charge is 0.373 e. The van der Waals surface area contributed by atoms with E-state index in [-0.39, 0.29) is 0 Å². The highest BCUT2D eigenvalue weighted by atomic mass is 15.1. The molecule has 0 atom stereocenters. The zero-order chi connectivity index (χ0) is 12.0. The van der Waals surface area contributed by atoms with Crippen LogP contribution in [0.4, 0.5) is 11.6 Å². The van der Waals surface area contributed by atoms with Crippen molar-refractivity contribution in [2.45, 2.75) is 13.8 Å². The monoisotopic (exact) mass is 223 g/mol. The van der Waals surface area contributed by atoms with Gasteiger partial charge >= 0.3 is 0 Å². The van der Waals surface area contributed by atoms with Crippen LogP contribution in [-0.4, -0.2) is 48.6 Å². The first kappa shape index (κ1) is 12.7. The van der Waals surface area contributed by atoms with Gasteiger partial charge in [-0.15, -0.1) is 0 Å². The van der Waals surface area contributed by atoms with Crippen molar-refractivity contribution in [3.63, 3.8) is 0 Å². The SMILES string of the molecule is CCN(C)CCNc1cc(NC)nc(C)n1. The Kier molecular flexibility index (Phi) is 4.98. The summed E-state index contributed by atoms with van der Waals surface area (Å²) in [7, 11) is 3.96. The number of hydrogen-bond acceptors (Lipinski definition) is 5. The second kappa shape index (κ2) is 6.27. The molecule has 0 saturated carbocycles. The molecule has 0 fully saturated rings. The van der Waals surface area contributed by atoms with E-state index in [1.54, 1.807) is 0 Å². The molecular weight excluding hydrogens is 202 g/mol. The van der Waals surface area contributed by atoms with Gasteiger partial charge in [-0.25, -0.2) is 9.97 Å². The fourth-order valence-corrected chi connectivity index (χ4v) is 1.32. The van der Waals surface area contributed by atoms with Crippen molar-refractivity contribution in [3.05, 3.63) is 11.9 Å². The van der Waals surface area contributed by atoms with Crippen LogP contribution in [0.15, 0.2) is 6.07 Å². The number of rotatable bonds is 6. The van der Waals surface area contributed by atoms with Gasteiger partial charge < -0.3 is 15.5 Å². The maximum atomic E-state index is 4.32. The van der Waals surface area contributed by atoms with Crippen molar-refractivity contribution in [1.29, 1.82) is 0 Å². The molecule has 1 heterocycles. The molecule has 0 unspecified atom stereocenters. The number of nitrogens with one attached hydrogen (secondary N) is 2. The van der Waals surface area contributed by atoms with Crippen LogP contribution < -0.4 is 10.6 Å². The van der Waals surface area contributed by atoms with E-state index in [4.69, 9.17) is 0 Å². The molecule has 1 aromatic heterocycles. The van der Waals surface area contributed by atoms with Gasteiger partial charge in [0.05, 0.1) is 0 Å². The smallest absolute Gasteiger partial charge is 0.131 e. The Hall–Kier alpha value is -1.36. The van der Waals surface area contributed by atoms with Gasteiger partial charge in [-0.3, -0.25) is 0 Å². The minimum atomic E-state index is 0.776. The third-order valence-electron chi connectivity index (χ3n) is 2.43. The molecule has 5 nitrogen and oxygen atoms in total. The summed E-state index contributed by atoms with van der Waals surface area (Å²) < 4.78 is 0. The normalized spacial score (nSPS) is 10.6. The lowest BCUT2D eigenvalue weighted by Crippen LogP contribution is -2.25. The van der Waals surface area contributed by atoms with E-state index in [0.717, 1.165) is 37.1 Å². The lowest BCUT2D eigenvalue weighted by molar-refractivity contribution is 0.367. The molecule has 5 heteroatoms. The number of likely N-dealkylation sites (N-methyl/N-ethyl adjacent to an activating group) is 1. The van der Waals surface area contributed by atoms with Gasteiger partial charge in [0.15, 0.2) is 0 Å². The average Bonchev–Trinajstić information content (AvgIpc) is 2.28. The summed E-state index contributed by atoms with van der Waals surface area (Å²) in [5.74, 6) is 2.50. The first-order valence-electron chi connectivity index (χ1n) is 5.61. The summed E-state index contributed by atoms with van der Waals surface area (Å²) in [5, 5.41) is 6.31. The van der Waals surface area contributed by atoms with Gasteiger partial charge in [-0.05, 0) is 20.5 Å². The minimum absolute atomic E-state index is 0.776. The lowest BCUT2D eigenvalue weighted by atomic mass is 10.4. The Morgan fingerprint density at radius 2 is 2.00 bits per heavy atom. The molecule has 0 saturated heterocycles. The maximum Gasteiger partial charge on any atom is 0.131 e. The van der Waals surface area contributed by atoms with Gasteiger partial charge in [0.1, 0.15) is 17.5 Å². The third-order valence-corrected chi connectivity index (χ3v) is 2.43. The molecule has 90 valence electrons. The standard InChI is InChI=1S/C11H21N5/c1-5-16(4)7-6-13-11-8-10(12-3)14-9(2)15-11/h8H,5-7H2,1-4H3,(H2,12,13,14,15). The van der Waals surface area contributed by atoms with Crippen LogP contribution in [0.2, 0.25) is 0 Å². The number of aromatic nitrogens is 2. The zero-order valence-corrected chi connectivity index (χ0v) is 10.5. The predicted molar refractivity (Wildman–Crippen MR) is 68.0 cm³/mol. The van der Waals surface area contributed by atoms with E-state index in [2.05, 4.69) is 39.5 Å².